The fourth-order valence-electron chi connectivity index (χ4n) is 4.08. The third-order valence-corrected chi connectivity index (χ3v) is 6.22. The summed E-state index contributed by atoms with van der Waals surface area (Å²) >= 11 is 0. The average molecular weight is 414 g/mol. The molecule has 0 spiro atoms. The highest BCUT2D eigenvalue weighted by Crippen LogP contribution is 2.24. The van der Waals surface area contributed by atoms with E-state index in [9.17, 15) is 4.79 Å². The zero-order valence-corrected chi connectivity index (χ0v) is 18.7. The average Bonchev–Trinajstić information content (AvgIpc) is 2.78. The van der Waals surface area contributed by atoms with E-state index in [0.29, 0.717) is 5.56 Å². The Hall–Kier alpha value is -3.11. The summed E-state index contributed by atoms with van der Waals surface area (Å²) < 4.78 is 0. The molecule has 0 aliphatic carbocycles. The van der Waals surface area contributed by atoms with Crippen molar-refractivity contribution in [3.05, 3.63) is 94.5 Å². The zero-order valence-electron chi connectivity index (χ0n) is 18.7. The van der Waals surface area contributed by atoms with Crippen molar-refractivity contribution in [1.82, 2.24) is 4.90 Å². The Bertz CT molecular complexity index is 1030. The van der Waals surface area contributed by atoms with Gasteiger partial charge in [0.15, 0.2) is 0 Å². The molecular weight excluding hydrogens is 382 g/mol. The Morgan fingerprint density at radius 1 is 0.839 bits per heavy atom. The van der Waals surface area contributed by atoms with Crippen LogP contribution in [0.4, 0.5) is 11.4 Å². The fourth-order valence-corrected chi connectivity index (χ4v) is 4.08. The van der Waals surface area contributed by atoms with Gasteiger partial charge < -0.3 is 10.2 Å². The quantitative estimate of drug-likeness (QED) is 0.625. The van der Waals surface area contributed by atoms with E-state index in [2.05, 4.69) is 59.3 Å². The molecule has 4 heteroatoms. The van der Waals surface area contributed by atoms with Gasteiger partial charge >= 0.3 is 0 Å². The van der Waals surface area contributed by atoms with Crippen LogP contribution in [0.2, 0.25) is 0 Å². The number of carbonyl (C=O) groups excluding carboxylic acids is 1. The highest BCUT2D eigenvalue weighted by atomic mass is 16.1. The Balaban J connectivity index is 1.31. The standard InChI is InChI=1S/C27H31N3O/c1-20-7-13-25(14-8-20)28-27(31)24-11-9-23(10-12-24)19-29-15-17-30(18-16-29)26-6-4-5-21(2)22(26)3/h4-14H,15-19H2,1-3H3,(H,28,31). The van der Waals surface area contributed by atoms with Gasteiger partial charge in [-0.25, -0.2) is 0 Å². The van der Waals surface area contributed by atoms with Gasteiger partial charge in [0.25, 0.3) is 5.91 Å². The second kappa shape index (κ2) is 9.36. The lowest BCUT2D eigenvalue weighted by Gasteiger charge is -2.37. The summed E-state index contributed by atoms with van der Waals surface area (Å²) in [5.41, 5.74) is 8.03. The lowest BCUT2D eigenvalue weighted by atomic mass is 10.1. The SMILES string of the molecule is Cc1ccc(NC(=O)c2ccc(CN3CCN(c4cccc(C)c4C)CC3)cc2)cc1. The number of carbonyl (C=O) groups is 1. The van der Waals surface area contributed by atoms with E-state index in [1.165, 1.54) is 27.9 Å². The maximum Gasteiger partial charge on any atom is 0.255 e. The molecule has 0 atom stereocenters. The minimum absolute atomic E-state index is 0.0717. The number of rotatable bonds is 5. The van der Waals surface area contributed by atoms with Crippen LogP contribution < -0.4 is 10.2 Å². The molecule has 1 aliphatic rings. The molecule has 0 saturated carbocycles. The van der Waals surface area contributed by atoms with Crippen LogP contribution in [0.5, 0.6) is 0 Å². The highest BCUT2D eigenvalue weighted by Gasteiger charge is 2.19. The fraction of sp³-hybridized carbons (Fsp3) is 0.296. The van der Waals surface area contributed by atoms with Crippen LogP contribution in [0.3, 0.4) is 0 Å². The lowest BCUT2D eigenvalue weighted by molar-refractivity contribution is 0.102. The predicted octanol–water partition coefficient (Wildman–Crippen LogP) is 5.19. The van der Waals surface area contributed by atoms with Gasteiger partial charge in [0.2, 0.25) is 0 Å². The van der Waals surface area contributed by atoms with Crippen molar-refractivity contribution in [2.45, 2.75) is 27.3 Å². The summed E-state index contributed by atoms with van der Waals surface area (Å²) in [5, 5.41) is 2.96. The first-order valence-electron chi connectivity index (χ1n) is 11.0. The van der Waals surface area contributed by atoms with E-state index in [0.717, 1.165) is 38.4 Å². The number of nitrogens with one attached hydrogen (secondary N) is 1. The maximum atomic E-state index is 12.5. The van der Waals surface area contributed by atoms with E-state index in [1.54, 1.807) is 0 Å². The van der Waals surface area contributed by atoms with Crippen LogP contribution in [0, 0.1) is 20.8 Å². The number of hydrogen-bond donors (Lipinski definition) is 1. The van der Waals surface area contributed by atoms with E-state index >= 15 is 0 Å². The molecule has 1 saturated heterocycles. The smallest absolute Gasteiger partial charge is 0.255 e. The van der Waals surface area contributed by atoms with Gasteiger partial charge in [-0.3, -0.25) is 9.69 Å². The van der Waals surface area contributed by atoms with Gasteiger partial charge in [-0.05, 0) is 67.8 Å². The molecule has 3 aromatic rings. The Morgan fingerprint density at radius 3 is 2.19 bits per heavy atom. The Labute approximate surface area is 185 Å². The number of anilines is 2. The molecule has 1 amide bonds. The van der Waals surface area contributed by atoms with Gasteiger partial charge in [-0.1, -0.05) is 42.0 Å². The summed E-state index contributed by atoms with van der Waals surface area (Å²) in [5.74, 6) is -0.0717. The molecule has 3 aromatic carbocycles. The van der Waals surface area contributed by atoms with E-state index in [1.807, 2.05) is 43.3 Å². The van der Waals surface area contributed by atoms with Gasteiger partial charge in [0.1, 0.15) is 0 Å². The van der Waals surface area contributed by atoms with Crippen LogP contribution in [-0.4, -0.2) is 37.0 Å². The summed E-state index contributed by atoms with van der Waals surface area (Å²) in [6.07, 6.45) is 0. The third-order valence-electron chi connectivity index (χ3n) is 6.22. The zero-order chi connectivity index (χ0) is 21.8. The number of aryl methyl sites for hydroxylation is 2. The number of hydrogen-bond acceptors (Lipinski definition) is 3. The van der Waals surface area contributed by atoms with Crippen molar-refractivity contribution in [3.63, 3.8) is 0 Å². The first-order chi connectivity index (χ1) is 15.0. The van der Waals surface area contributed by atoms with Crippen LogP contribution in [0.1, 0.15) is 32.6 Å². The largest absolute Gasteiger partial charge is 0.369 e. The molecule has 31 heavy (non-hydrogen) atoms. The minimum atomic E-state index is -0.0717. The van der Waals surface area contributed by atoms with Crippen LogP contribution in [-0.2, 0) is 6.54 Å². The molecule has 1 heterocycles. The number of benzene rings is 3. The number of nitrogens with zero attached hydrogens (tertiary/aromatic N) is 2. The second-order valence-corrected chi connectivity index (χ2v) is 8.50. The second-order valence-electron chi connectivity index (χ2n) is 8.50. The van der Waals surface area contributed by atoms with E-state index in [-0.39, 0.29) is 5.91 Å². The van der Waals surface area contributed by atoms with E-state index < -0.39 is 0 Å². The van der Waals surface area contributed by atoms with Gasteiger partial charge in [0, 0.05) is 49.7 Å². The van der Waals surface area contributed by atoms with Crippen molar-refractivity contribution in [2.75, 3.05) is 36.4 Å². The molecule has 0 bridgehead atoms. The maximum absolute atomic E-state index is 12.5. The Kier molecular flexibility index (Phi) is 6.38. The molecule has 1 N–H and O–H groups in total. The van der Waals surface area contributed by atoms with Crippen LogP contribution in [0.15, 0.2) is 66.7 Å². The molecule has 1 aliphatic heterocycles. The van der Waals surface area contributed by atoms with Crippen molar-refractivity contribution in [3.8, 4) is 0 Å². The van der Waals surface area contributed by atoms with Crippen molar-refractivity contribution in [1.29, 1.82) is 0 Å². The first-order valence-corrected chi connectivity index (χ1v) is 11.0. The molecule has 4 nitrogen and oxygen atoms in total. The molecule has 4 rings (SSSR count). The van der Waals surface area contributed by atoms with Crippen molar-refractivity contribution >= 4 is 17.3 Å². The highest BCUT2D eigenvalue weighted by molar-refractivity contribution is 6.04. The van der Waals surface area contributed by atoms with Gasteiger partial charge in [-0.2, -0.15) is 0 Å². The van der Waals surface area contributed by atoms with Gasteiger partial charge in [-0.15, -0.1) is 0 Å². The molecule has 0 aromatic heterocycles. The van der Waals surface area contributed by atoms with Crippen LogP contribution in [0.25, 0.3) is 0 Å². The topological polar surface area (TPSA) is 35.6 Å². The Morgan fingerprint density at radius 2 is 1.52 bits per heavy atom. The summed E-state index contributed by atoms with van der Waals surface area (Å²) in [6.45, 7) is 11.5. The number of piperazine rings is 1. The molecule has 0 unspecified atom stereocenters. The molecule has 160 valence electrons. The van der Waals surface area contributed by atoms with Crippen molar-refractivity contribution in [2.24, 2.45) is 0 Å². The summed E-state index contributed by atoms with van der Waals surface area (Å²) in [6, 6.07) is 22.4. The summed E-state index contributed by atoms with van der Waals surface area (Å²) in [7, 11) is 0. The van der Waals surface area contributed by atoms with Gasteiger partial charge in [0.05, 0.1) is 0 Å². The monoisotopic (exact) mass is 413 g/mol. The van der Waals surface area contributed by atoms with Crippen molar-refractivity contribution < 1.29 is 4.79 Å². The summed E-state index contributed by atoms with van der Waals surface area (Å²) in [4.78, 5) is 17.5. The first kappa shape index (κ1) is 21.1. The van der Waals surface area contributed by atoms with Crippen LogP contribution >= 0.6 is 0 Å². The lowest BCUT2D eigenvalue weighted by Crippen LogP contribution is -2.46. The molecular formula is C27H31N3O. The van der Waals surface area contributed by atoms with E-state index in [4.69, 9.17) is 0 Å². The normalized spacial score (nSPS) is 14.5. The molecule has 0 radical (unpaired) electrons. The molecule has 1 fully saturated rings. The predicted molar refractivity (Wildman–Crippen MR) is 129 cm³/mol. The third kappa shape index (κ3) is 5.15. The minimum Gasteiger partial charge on any atom is -0.369 e. The number of amides is 1.